The van der Waals surface area contributed by atoms with Gasteiger partial charge in [0.05, 0.1) is 0 Å². The van der Waals surface area contributed by atoms with Crippen molar-refractivity contribution in [1.29, 1.82) is 0 Å². The fourth-order valence-corrected chi connectivity index (χ4v) is 3.67. The van der Waals surface area contributed by atoms with E-state index in [1.165, 1.54) is 0 Å². The zero-order chi connectivity index (χ0) is 26.8. The second kappa shape index (κ2) is 13.8. The first-order valence-electron chi connectivity index (χ1n) is 11.8. The second-order valence-electron chi connectivity index (χ2n) is 8.62. The maximum Gasteiger partial charge on any atom is 0.320 e. The Kier molecular flexibility index (Phi) is 10.5. The normalized spacial score (nSPS) is 23.3. The van der Waals surface area contributed by atoms with Crippen LogP contribution in [0.15, 0.2) is 60.7 Å². The number of carbonyl (C=O) groups excluding carboxylic acids is 3. The third-order valence-electron chi connectivity index (χ3n) is 5.86. The van der Waals surface area contributed by atoms with Crippen molar-refractivity contribution < 1.29 is 49.0 Å². The number of carbonyl (C=O) groups is 3. The molecule has 1 aliphatic rings. The molecule has 2 aromatic carbocycles. The highest BCUT2D eigenvalue weighted by atomic mass is 16.6. The van der Waals surface area contributed by atoms with Crippen molar-refractivity contribution in [3.63, 3.8) is 0 Å². The first-order valence-corrected chi connectivity index (χ1v) is 11.8. The lowest BCUT2D eigenvalue weighted by atomic mass is 9.98. The molecule has 1 amide bonds. The zero-order valence-electron chi connectivity index (χ0n) is 20.0. The van der Waals surface area contributed by atoms with Crippen molar-refractivity contribution in [2.45, 2.75) is 56.8 Å². The van der Waals surface area contributed by atoms with E-state index < -0.39 is 54.5 Å². The van der Waals surface area contributed by atoms with E-state index in [1.807, 2.05) is 12.1 Å². The molecule has 200 valence electrons. The zero-order valence-corrected chi connectivity index (χ0v) is 20.0. The third-order valence-corrected chi connectivity index (χ3v) is 5.86. The molecule has 1 fully saturated rings. The van der Waals surface area contributed by atoms with Gasteiger partial charge in [0.25, 0.3) is 0 Å². The number of hydrogen-bond donors (Lipinski definition) is 5. The van der Waals surface area contributed by atoms with E-state index in [1.54, 1.807) is 48.5 Å². The molecule has 1 aliphatic heterocycles. The van der Waals surface area contributed by atoms with Crippen LogP contribution in [-0.2, 0) is 41.8 Å². The van der Waals surface area contributed by atoms with Gasteiger partial charge in [-0.15, -0.1) is 0 Å². The third kappa shape index (κ3) is 8.34. The lowest BCUT2D eigenvalue weighted by molar-refractivity contribution is -0.280. The molecule has 11 heteroatoms. The Morgan fingerprint density at radius 2 is 1.30 bits per heavy atom. The lowest BCUT2D eigenvalue weighted by Crippen LogP contribution is -2.60. The minimum atomic E-state index is -1.73. The highest BCUT2D eigenvalue weighted by Crippen LogP contribution is 2.20. The van der Waals surface area contributed by atoms with Crippen molar-refractivity contribution >= 4 is 17.8 Å². The standard InChI is InChI=1S/C26H31NO10/c28-20(27-13-19-21(29)22(30)23(31)26(34)37-19)12-11-18(24(32)35-14-16-7-3-1-4-8-16)25(33)36-15-17-9-5-2-6-10-17/h1-10,18-19,21-23,26,29-31,34H,11-15H2,(H,27,28). The number of amides is 1. The van der Waals surface area contributed by atoms with Gasteiger partial charge in [0.1, 0.15) is 37.6 Å². The van der Waals surface area contributed by atoms with Crippen LogP contribution < -0.4 is 5.32 Å². The van der Waals surface area contributed by atoms with E-state index in [0.717, 1.165) is 11.1 Å². The summed E-state index contributed by atoms with van der Waals surface area (Å²) in [5.41, 5.74) is 1.45. The minimum Gasteiger partial charge on any atom is -0.460 e. The average Bonchev–Trinajstić information content (AvgIpc) is 2.92. The van der Waals surface area contributed by atoms with Gasteiger partial charge in [-0.1, -0.05) is 60.7 Å². The van der Waals surface area contributed by atoms with Gasteiger partial charge < -0.3 is 40.0 Å². The van der Waals surface area contributed by atoms with Crippen LogP contribution in [0.1, 0.15) is 24.0 Å². The molecule has 0 spiro atoms. The number of aliphatic hydroxyl groups excluding tert-OH is 4. The number of aliphatic hydroxyl groups is 4. The summed E-state index contributed by atoms with van der Waals surface area (Å²) < 4.78 is 15.6. The van der Waals surface area contributed by atoms with Gasteiger partial charge in [0, 0.05) is 13.0 Å². The molecule has 5 atom stereocenters. The summed E-state index contributed by atoms with van der Waals surface area (Å²) in [6.07, 6.45) is -8.27. The fraction of sp³-hybridized carbons (Fsp3) is 0.423. The van der Waals surface area contributed by atoms with Crippen molar-refractivity contribution in [1.82, 2.24) is 5.32 Å². The maximum atomic E-state index is 12.7. The smallest absolute Gasteiger partial charge is 0.320 e. The monoisotopic (exact) mass is 517 g/mol. The topological polar surface area (TPSA) is 172 Å². The van der Waals surface area contributed by atoms with Gasteiger partial charge in [0.2, 0.25) is 5.91 Å². The molecule has 0 bridgehead atoms. The van der Waals surface area contributed by atoms with Crippen LogP contribution in [0.2, 0.25) is 0 Å². The Hall–Kier alpha value is -3.35. The van der Waals surface area contributed by atoms with E-state index in [-0.39, 0.29) is 32.6 Å². The van der Waals surface area contributed by atoms with Gasteiger partial charge in [-0.25, -0.2) is 0 Å². The molecular formula is C26H31NO10. The molecule has 0 aromatic heterocycles. The van der Waals surface area contributed by atoms with E-state index >= 15 is 0 Å². The number of rotatable bonds is 11. The summed E-state index contributed by atoms with van der Waals surface area (Å²) in [6.45, 7) is -0.397. The largest absolute Gasteiger partial charge is 0.460 e. The summed E-state index contributed by atoms with van der Waals surface area (Å²) in [6, 6.07) is 17.8. The Labute approximate surface area is 213 Å². The van der Waals surface area contributed by atoms with Crippen LogP contribution in [0.3, 0.4) is 0 Å². The quantitative estimate of drug-likeness (QED) is 0.198. The SMILES string of the molecule is O=C(CCC(C(=O)OCc1ccccc1)C(=O)OCc1ccccc1)NCC1OC(O)C(O)C(O)C1O. The first-order chi connectivity index (χ1) is 17.8. The summed E-state index contributed by atoms with van der Waals surface area (Å²) in [5, 5.41) is 41.3. The predicted octanol–water partition coefficient (Wildman–Crippen LogP) is -0.214. The van der Waals surface area contributed by atoms with Gasteiger partial charge in [-0.2, -0.15) is 0 Å². The molecule has 0 aliphatic carbocycles. The van der Waals surface area contributed by atoms with E-state index in [0.29, 0.717) is 0 Å². The van der Waals surface area contributed by atoms with Gasteiger partial charge in [-0.05, 0) is 17.5 Å². The summed E-state index contributed by atoms with van der Waals surface area (Å²) >= 11 is 0. The molecule has 1 saturated heterocycles. The van der Waals surface area contributed by atoms with E-state index in [4.69, 9.17) is 14.2 Å². The molecule has 5 unspecified atom stereocenters. The second-order valence-corrected chi connectivity index (χ2v) is 8.62. The Morgan fingerprint density at radius 3 is 1.81 bits per heavy atom. The number of benzene rings is 2. The molecule has 3 rings (SSSR count). The summed E-state index contributed by atoms with van der Waals surface area (Å²) in [4.78, 5) is 37.9. The molecule has 11 nitrogen and oxygen atoms in total. The highest BCUT2D eigenvalue weighted by molar-refractivity contribution is 5.95. The van der Waals surface area contributed by atoms with Crippen LogP contribution in [0, 0.1) is 5.92 Å². The molecule has 37 heavy (non-hydrogen) atoms. The first kappa shape index (κ1) is 28.2. The summed E-state index contributed by atoms with van der Waals surface area (Å²) in [7, 11) is 0. The maximum absolute atomic E-state index is 12.7. The number of esters is 2. The fourth-order valence-electron chi connectivity index (χ4n) is 3.67. The van der Waals surface area contributed by atoms with Gasteiger partial charge in [0.15, 0.2) is 12.2 Å². The van der Waals surface area contributed by atoms with Crippen molar-refractivity contribution in [3.8, 4) is 0 Å². The van der Waals surface area contributed by atoms with E-state index in [9.17, 15) is 34.8 Å². The minimum absolute atomic E-state index is 0.0538. The summed E-state index contributed by atoms with van der Waals surface area (Å²) in [5.74, 6) is -3.60. The molecule has 1 heterocycles. The number of nitrogens with one attached hydrogen (secondary N) is 1. The van der Waals surface area contributed by atoms with Crippen molar-refractivity contribution in [2.24, 2.45) is 5.92 Å². The molecule has 0 saturated carbocycles. The van der Waals surface area contributed by atoms with Crippen LogP contribution in [0.5, 0.6) is 0 Å². The van der Waals surface area contributed by atoms with Crippen LogP contribution in [0.25, 0.3) is 0 Å². The molecular weight excluding hydrogens is 486 g/mol. The van der Waals surface area contributed by atoms with Crippen molar-refractivity contribution in [3.05, 3.63) is 71.8 Å². The lowest BCUT2D eigenvalue weighted by Gasteiger charge is -2.38. The van der Waals surface area contributed by atoms with Crippen LogP contribution in [0.4, 0.5) is 0 Å². The predicted molar refractivity (Wildman–Crippen MR) is 127 cm³/mol. The average molecular weight is 518 g/mol. The number of hydrogen-bond acceptors (Lipinski definition) is 10. The Morgan fingerprint density at radius 1 is 0.784 bits per heavy atom. The van der Waals surface area contributed by atoms with Crippen LogP contribution >= 0.6 is 0 Å². The molecule has 0 radical (unpaired) electrons. The van der Waals surface area contributed by atoms with Gasteiger partial charge >= 0.3 is 11.9 Å². The molecule has 5 N–H and O–H groups in total. The molecule has 2 aromatic rings. The van der Waals surface area contributed by atoms with Crippen molar-refractivity contribution in [2.75, 3.05) is 6.54 Å². The number of ether oxygens (including phenoxy) is 3. The van der Waals surface area contributed by atoms with Crippen LogP contribution in [-0.4, -0.2) is 75.5 Å². The van der Waals surface area contributed by atoms with E-state index in [2.05, 4.69) is 5.32 Å². The van der Waals surface area contributed by atoms with Gasteiger partial charge in [-0.3, -0.25) is 14.4 Å². The Bertz CT molecular complexity index is 963. The highest BCUT2D eigenvalue weighted by Gasteiger charge is 2.43. The Balaban J connectivity index is 1.55.